The third kappa shape index (κ3) is 3.33. The van der Waals surface area contributed by atoms with Crippen LogP contribution in [0.25, 0.3) is 10.9 Å². The van der Waals surface area contributed by atoms with Crippen LogP contribution in [-0.2, 0) is 6.54 Å². The summed E-state index contributed by atoms with van der Waals surface area (Å²) in [6, 6.07) is 17.9. The molecule has 1 aromatic heterocycles. The van der Waals surface area contributed by atoms with Crippen LogP contribution in [0.2, 0.25) is 0 Å². The van der Waals surface area contributed by atoms with Gasteiger partial charge in [0.15, 0.2) is 0 Å². The lowest BCUT2D eigenvalue weighted by atomic mass is 10.1. The van der Waals surface area contributed by atoms with E-state index < -0.39 is 0 Å². The number of nitrogens with zero attached hydrogens (tertiary/aromatic N) is 3. The maximum Gasteiger partial charge on any atom is 0.131 e. The number of aromatic nitrogens is 1. The zero-order chi connectivity index (χ0) is 19.1. The van der Waals surface area contributed by atoms with Gasteiger partial charge < -0.3 is 15.5 Å². The van der Waals surface area contributed by atoms with Gasteiger partial charge in [0.2, 0.25) is 0 Å². The minimum absolute atomic E-state index is 0.262. The van der Waals surface area contributed by atoms with Crippen molar-refractivity contribution in [1.29, 1.82) is 0 Å². The fraction of sp³-hybridized carbons (Fsp3) is 0.348. The quantitative estimate of drug-likeness (QED) is 0.711. The molecule has 0 aliphatic carbocycles. The zero-order valence-electron chi connectivity index (χ0n) is 16.3. The van der Waals surface area contributed by atoms with Crippen molar-refractivity contribution in [3.8, 4) is 0 Å². The average Bonchev–Trinajstić information content (AvgIpc) is 3.01. The van der Waals surface area contributed by atoms with Gasteiger partial charge in [-0.1, -0.05) is 29.8 Å². The molecule has 5 rings (SSSR count). The lowest BCUT2D eigenvalue weighted by Gasteiger charge is -2.26. The largest absolute Gasteiger partial charge is 0.369 e. The van der Waals surface area contributed by atoms with Gasteiger partial charge in [-0.15, -0.1) is 11.8 Å². The van der Waals surface area contributed by atoms with Gasteiger partial charge in [0.25, 0.3) is 0 Å². The normalized spacial score (nSPS) is 19.7. The van der Waals surface area contributed by atoms with Gasteiger partial charge in [0, 0.05) is 60.0 Å². The molecule has 2 N–H and O–H groups in total. The van der Waals surface area contributed by atoms with Crippen molar-refractivity contribution in [2.75, 3.05) is 35.2 Å². The van der Waals surface area contributed by atoms with E-state index in [1.165, 1.54) is 27.1 Å². The lowest BCUT2D eigenvalue weighted by molar-refractivity contribution is 0.752. The fourth-order valence-corrected chi connectivity index (χ4v) is 5.28. The second-order valence-electron chi connectivity index (χ2n) is 7.89. The van der Waals surface area contributed by atoms with Gasteiger partial charge in [-0.25, -0.2) is 4.98 Å². The summed E-state index contributed by atoms with van der Waals surface area (Å²) in [4.78, 5) is 11.3. The van der Waals surface area contributed by atoms with Gasteiger partial charge in [-0.2, -0.15) is 0 Å². The summed E-state index contributed by atoms with van der Waals surface area (Å²) in [5.41, 5.74) is 11.2. The smallest absolute Gasteiger partial charge is 0.131 e. The molecule has 0 spiro atoms. The summed E-state index contributed by atoms with van der Waals surface area (Å²) in [5, 5.41) is 1.24. The number of pyridine rings is 1. The summed E-state index contributed by atoms with van der Waals surface area (Å²) in [6.45, 7) is 6.00. The first-order valence-corrected chi connectivity index (χ1v) is 11.0. The van der Waals surface area contributed by atoms with Crippen LogP contribution in [0.3, 0.4) is 0 Å². The molecule has 0 bridgehead atoms. The van der Waals surface area contributed by atoms with Crippen molar-refractivity contribution >= 4 is 34.2 Å². The molecule has 0 saturated carbocycles. The van der Waals surface area contributed by atoms with E-state index in [2.05, 4.69) is 65.3 Å². The lowest BCUT2D eigenvalue weighted by Crippen LogP contribution is -2.28. The molecular weight excluding hydrogens is 364 g/mol. The van der Waals surface area contributed by atoms with Crippen LogP contribution >= 0.6 is 11.8 Å². The van der Waals surface area contributed by atoms with E-state index in [9.17, 15) is 0 Å². The van der Waals surface area contributed by atoms with Crippen LogP contribution in [0.1, 0.15) is 17.5 Å². The maximum absolute atomic E-state index is 6.22. The molecule has 0 amide bonds. The first-order valence-electron chi connectivity index (χ1n) is 10.0. The molecule has 1 saturated heterocycles. The summed E-state index contributed by atoms with van der Waals surface area (Å²) >= 11 is 1.95. The minimum atomic E-state index is 0.262. The second-order valence-corrected chi connectivity index (χ2v) is 9.03. The SMILES string of the molecule is Cc1ccc2nc(N3CCSc4ccccc4C3)cc(N3CCC(N)C3)c2c1. The highest BCUT2D eigenvalue weighted by molar-refractivity contribution is 7.99. The van der Waals surface area contributed by atoms with Gasteiger partial charge in [0.05, 0.1) is 5.52 Å². The monoisotopic (exact) mass is 390 g/mol. The van der Waals surface area contributed by atoms with Gasteiger partial charge in [-0.05, 0) is 37.1 Å². The first kappa shape index (κ1) is 17.8. The van der Waals surface area contributed by atoms with Crippen molar-refractivity contribution in [2.45, 2.75) is 30.8 Å². The first-order chi connectivity index (χ1) is 13.7. The Morgan fingerprint density at radius 1 is 1.07 bits per heavy atom. The molecule has 1 unspecified atom stereocenters. The Morgan fingerprint density at radius 2 is 1.96 bits per heavy atom. The molecule has 2 aliphatic rings. The zero-order valence-corrected chi connectivity index (χ0v) is 17.1. The van der Waals surface area contributed by atoms with E-state index in [1.807, 2.05) is 11.8 Å². The van der Waals surface area contributed by atoms with Crippen LogP contribution in [0.4, 0.5) is 11.5 Å². The molecule has 3 heterocycles. The van der Waals surface area contributed by atoms with Crippen LogP contribution in [0.5, 0.6) is 0 Å². The summed E-state index contributed by atoms with van der Waals surface area (Å²) < 4.78 is 0. The molecule has 2 aromatic carbocycles. The maximum atomic E-state index is 6.22. The average molecular weight is 391 g/mol. The van der Waals surface area contributed by atoms with Crippen LogP contribution < -0.4 is 15.5 Å². The van der Waals surface area contributed by atoms with E-state index in [0.717, 1.165) is 49.7 Å². The van der Waals surface area contributed by atoms with Crippen molar-refractivity contribution < 1.29 is 0 Å². The molecule has 5 heteroatoms. The summed E-state index contributed by atoms with van der Waals surface area (Å²) in [7, 11) is 0. The van der Waals surface area contributed by atoms with E-state index in [-0.39, 0.29) is 6.04 Å². The minimum Gasteiger partial charge on any atom is -0.369 e. The number of aryl methyl sites for hydroxylation is 1. The van der Waals surface area contributed by atoms with Crippen LogP contribution in [-0.4, -0.2) is 36.4 Å². The number of anilines is 2. The highest BCUT2D eigenvalue weighted by atomic mass is 32.2. The topological polar surface area (TPSA) is 45.4 Å². The third-order valence-corrected chi connectivity index (χ3v) is 6.87. The third-order valence-electron chi connectivity index (χ3n) is 5.77. The molecule has 0 radical (unpaired) electrons. The van der Waals surface area contributed by atoms with Crippen molar-refractivity contribution in [3.05, 3.63) is 59.7 Å². The van der Waals surface area contributed by atoms with Crippen molar-refractivity contribution in [2.24, 2.45) is 5.73 Å². The number of fused-ring (bicyclic) bond motifs is 2. The Bertz CT molecular complexity index is 1020. The summed E-state index contributed by atoms with van der Waals surface area (Å²) in [6.07, 6.45) is 1.05. The Hall–Kier alpha value is -2.24. The van der Waals surface area contributed by atoms with Gasteiger partial charge in [0.1, 0.15) is 5.82 Å². The molecular formula is C23H26N4S. The van der Waals surface area contributed by atoms with E-state index >= 15 is 0 Å². The molecule has 4 nitrogen and oxygen atoms in total. The fourth-order valence-electron chi connectivity index (χ4n) is 4.26. The number of rotatable bonds is 2. The Balaban J connectivity index is 1.59. The number of thioether (sulfide) groups is 1. The second kappa shape index (κ2) is 7.30. The molecule has 28 heavy (non-hydrogen) atoms. The van der Waals surface area contributed by atoms with E-state index in [1.54, 1.807) is 0 Å². The van der Waals surface area contributed by atoms with Crippen molar-refractivity contribution in [1.82, 2.24) is 4.98 Å². The Kier molecular flexibility index (Phi) is 4.65. The van der Waals surface area contributed by atoms with Crippen LogP contribution in [0, 0.1) is 6.92 Å². The van der Waals surface area contributed by atoms with Crippen molar-refractivity contribution in [3.63, 3.8) is 0 Å². The summed E-state index contributed by atoms with van der Waals surface area (Å²) in [5.74, 6) is 2.15. The highest BCUT2D eigenvalue weighted by Gasteiger charge is 2.24. The van der Waals surface area contributed by atoms with Gasteiger partial charge in [-0.3, -0.25) is 0 Å². The molecule has 1 atom stereocenters. The molecule has 1 fully saturated rings. The van der Waals surface area contributed by atoms with Crippen LogP contribution in [0.15, 0.2) is 53.4 Å². The molecule has 144 valence electrons. The number of hydrogen-bond donors (Lipinski definition) is 1. The Labute approximate surface area is 170 Å². The molecule has 2 aliphatic heterocycles. The molecule has 3 aromatic rings. The predicted molar refractivity (Wildman–Crippen MR) is 120 cm³/mol. The highest BCUT2D eigenvalue weighted by Crippen LogP contribution is 2.35. The van der Waals surface area contributed by atoms with E-state index in [4.69, 9.17) is 10.7 Å². The Morgan fingerprint density at radius 3 is 2.82 bits per heavy atom. The number of nitrogens with two attached hydrogens (primary N) is 1. The van der Waals surface area contributed by atoms with E-state index in [0.29, 0.717) is 0 Å². The number of hydrogen-bond acceptors (Lipinski definition) is 5. The van der Waals surface area contributed by atoms with Gasteiger partial charge >= 0.3 is 0 Å². The number of benzene rings is 2. The predicted octanol–water partition coefficient (Wildman–Crippen LogP) is 4.19. The standard InChI is InChI=1S/C23H26N4S/c1-16-6-7-20-19(12-16)21(26-9-8-18(24)15-26)13-23(25-20)27-10-11-28-22-5-3-2-4-17(22)14-27/h2-7,12-13,18H,8-11,14-15,24H2,1H3.